The molecule has 2 aromatic carbocycles. The van der Waals surface area contributed by atoms with Crippen LogP contribution in [0.1, 0.15) is 18.1 Å². The molecule has 0 unspecified atom stereocenters. The summed E-state index contributed by atoms with van der Waals surface area (Å²) in [4.78, 5) is 12.1. The Morgan fingerprint density at radius 1 is 1.16 bits per heavy atom. The highest BCUT2D eigenvalue weighted by Gasteiger charge is 2.14. The number of aryl methyl sites for hydroxylation is 1. The van der Waals surface area contributed by atoms with Crippen molar-refractivity contribution in [2.45, 2.75) is 25.7 Å². The van der Waals surface area contributed by atoms with E-state index in [0.29, 0.717) is 18.0 Å². The molecule has 1 atom stereocenters. The second-order valence-corrected chi connectivity index (χ2v) is 6.87. The number of carbonyl (C=O) groups is 1. The molecule has 0 spiro atoms. The van der Waals surface area contributed by atoms with E-state index in [4.69, 9.17) is 9.47 Å². The lowest BCUT2D eigenvalue weighted by molar-refractivity contribution is -0.127. The third-order valence-electron chi connectivity index (χ3n) is 3.66. The summed E-state index contributed by atoms with van der Waals surface area (Å²) in [7, 11) is 1.60. The minimum absolute atomic E-state index is 0.112. The zero-order chi connectivity index (χ0) is 18.1. The molecule has 1 N–H and O–H groups in total. The van der Waals surface area contributed by atoms with Gasteiger partial charge in [0.05, 0.1) is 7.11 Å². The number of thioether (sulfide) groups is 1. The predicted octanol–water partition coefficient (Wildman–Crippen LogP) is 3.82. The lowest BCUT2D eigenvalue weighted by Gasteiger charge is -2.15. The van der Waals surface area contributed by atoms with Gasteiger partial charge in [0.2, 0.25) is 0 Å². The van der Waals surface area contributed by atoms with Gasteiger partial charge in [-0.1, -0.05) is 35.9 Å². The Balaban J connectivity index is 1.66. The van der Waals surface area contributed by atoms with E-state index in [1.807, 2.05) is 18.2 Å². The summed E-state index contributed by atoms with van der Waals surface area (Å²) in [6.07, 6.45) is -0.547. The number of methoxy groups -OCH3 is 1. The molecule has 0 bridgehead atoms. The number of benzene rings is 2. The van der Waals surface area contributed by atoms with E-state index in [-0.39, 0.29) is 5.91 Å². The SMILES string of the molecule is COc1cccc(O[C@@H](C)C(=O)NCCSCc2ccc(C)cc2)c1. The normalized spacial score (nSPS) is 11.6. The first-order valence-corrected chi connectivity index (χ1v) is 9.45. The summed E-state index contributed by atoms with van der Waals surface area (Å²) in [5.74, 6) is 3.03. The first-order valence-electron chi connectivity index (χ1n) is 8.30. The monoisotopic (exact) mass is 359 g/mol. The van der Waals surface area contributed by atoms with E-state index < -0.39 is 6.10 Å². The Hall–Kier alpha value is -2.14. The maximum atomic E-state index is 12.1. The molecule has 4 nitrogen and oxygen atoms in total. The molecule has 134 valence electrons. The zero-order valence-electron chi connectivity index (χ0n) is 15.0. The molecule has 0 heterocycles. The van der Waals surface area contributed by atoms with Gasteiger partial charge in [0, 0.05) is 24.1 Å². The lowest BCUT2D eigenvalue weighted by atomic mass is 10.2. The van der Waals surface area contributed by atoms with Crippen LogP contribution in [0.25, 0.3) is 0 Å². The number of amides is 1. The molecule has 2 rings (SSSR count). The van der Waals surface area contributed by atoms with E-state index in [1.54, 1.807) is 31.9 Å². The lowest BCUT2D eigenvalue weighted by Crippen LogP contribution is -2.37. The van der Waals surface area contributed by atoms with Crippen LogP contribution < -0.4 is 14.8 Å². The minimum atomic E-state index is -0.547. The van der Waals surface area contributed by atoms with Crippen molar-refractivity contribution >= 4 is 17.7 Å². The first-order chi connectivity index (χ1) is 12.1. The van der Waals surface area contributed by atoms with Gasteiger partial charge in [-0.05, 0) is 31.5 Å². The third kappa shape index (κ3) is 6.70. The molecule has 2 aromatic rings. The van der Waals surface area contributed by atoms with Crippen LogP contribution in [0, 0.1) is 6.92 Å². The second-order valence-electron chi connectivity index (χ2n) is 5.77. The van der Waals surface area contributed by atoms with Gasteiger partial charge >= 0.3 is 0 Å². The van der Waals surface area contributed by atoms with Crippen LogP contribution in [-0.2, 0) is 10.5 Å². The Bertz CT molecular complexity index is 673. The number of hydrogen-bond acceptors (Lipinski definition) is 4. The average Bonchev–Trinajstić information content (AvgIpc) is 2.63. The Kier molecular flexibility index (Phi) is 7.67. The quantitative estimate of drug-likeness (QED) is 0.692. The van der Waals surface area contributed by atoms with Gasteiger partial charge in [0.25, 0.3) is 5.91 Å². The molecule has 0 aromatic heterocycles. The van der Waals surface area contributed by atoms with Gasteiger partial charge in [-0.2, -0.15) is 11.8 Å². The number of rotatable bonds is 9. The van der Waals surface area contributed by atoms with Crippen LogP contribution in [0.5, 0.6) is 11.5 Å². The molecule has 1 amide bonds. The molecular weight excluding hydrogens is 334 g/mol. The maximum Gasteiger partial charge on any atom is 0.260 e. The Morgan fingerprint density at radius 2 is 1.88 bits per heavy atom. The van der Waals surface area contributed by atoms with E-state index >= 15 is 0 Å². The van der Waals surface area contributed by atoms with Crippen molar-refractivity contribution in [2.75, 3.05) is 19.4 Å². The summed E-state index contributed by atoms with van der Waals surface area (Å²) >= 11 is 1.80. The smallest absolute Gasteiger partial charge is 0.260 e. The standard InChI is InChI=1S/C20H25NO3S/c1-15-7-9-17(10-8-15)14-25-12-11-21-20(22)16(2)24-19-6-4-5-18(13-19)23-3/h4-10,13,16H,11-12,14H2,1-3H3,(H,21,22)/t16-/m0/s1. The predicted molar refractivity (Wildman–Crippen MR) is 103 cm³/mol. The van der Waals surface area contributed by atoms with Gasteiger partial charge in [-0.25, -0.2) is 0 Å². The highest BCUT2D eigenvalue weighted by atomic mass is 32.2. The van der Waals surface area contributed by atoms with Crippen LogP contribution in [0.3, 0.4) is 0 Å². The van der Waals surface area contributed by atoms with E-state index in [9.17, 15) is 4.79 Å². The summed E-state index contributed by atoms with van der Waals surface area (Å²) in [6.45, 7) is 4.46. The minimum Gasteiger partial charge on any atom is -0.497 e. The molecule has 0 saturated heterocycles. The fourth-order valence-electron chi connectivity index (χ4n) is 2.20. The molecule has 0 radical (unpaired) electrons. The Labute approximate surface area is 153 Å². The highest BCUT2D eigenvalue weighted by molar-refractivity contribution is 7.98. The molecule has 5 heteroatoms. The molecular formula is C20H25NO3S. The van der Waals surface area contributed by atoms with Crippen LogP contribution in [0.2, 0.25) is 0 Å². The molecule has 0 fully saturated rings. The molecule has 0 aliphatic heterocycles. The fraction of sp³-hybridized carbons (Fsp3) is 0.350. The van der Waals surface area contributed by atoms with Gasteiger partial charge < -0.3 is 14.8 Å². The summed E-state index contributed by atoms with van der Waals surface area (Å²) in [5.41, 5.74) is 2.57. The van der Waals surface area contributed by atoms with Crippen molar-refractivity contribution < 1.29 is 14.3 Å². The topological polar surface area (TPSA) is 47.6 Å². The van der Waals surface area contributed by atoms with Gasteiger partial charge in [-0.15, -0.1) is 0 Å². The zero-order valence-corrected chi connectivity index (χ0v) is 15.8. The maximum absolute atomic E-state index is 12.1. The first kappa shape index (κ1) is 19.2. The summed E-state index contributed by atoms with van der Waals surface area (Å²) in [6, 6.07) is 15.8. The van der Waals surface area contributed by atoms with Gasteiger partial charge in [0.15, 0.2) is 6.10 Å². The number of nitrogens with one attached hydrogen (secondary N) is 1. The number of ether oxygens (including phenoxy) is 2. The van der Waals surface area contributed by atoms with Crippen LogP contribution in [0.4, 0.5) is 0 Å². The average molecular weight is 359 g/mol. The summed E-state index contributed by atoms with van der Waals surface area (Å²) in [5, 5.41) is 2.91. The highest BCUT2D eigenvalue weighted by Crippen LogP contribution is 2.20. The van der Waals surface area contributed by atoms with E-state index in [2.05, 4.69) is 36.5 Å². The van der Waals surface area contributed by atoms with Crippen LogP contribution in [0.15, 0.2) is 48.5 Å². The van der Waals surface area contributed by atoms with E-state index in [1.165, 1.54) is 11.1 Å². The largest absolute Gasteiger partial charge is 0.497 e. The van der Waals surface area contributed by atoms with Crippen LogP contribution >= 0.6 is 11.8 Å². The number of carbonyl (C=O) groups excluding carboxylic acids is 1. The van der Waals surface area contributed by atoms with Crippen molar-refractivity contribution in [3.63, 3.8) is 0 Å². The fourth-order valence-corrected chi connectivity index (χ4v) is 3.02. The van der Waals surface area contributed by atoms with E-state index in [0.717, 1.165) is 11.5 Å². The van der Waals surface area contributed by atoms with Crippen molar-refractivity contribution in [3.05, 3.63) is 59.7 Å². The van der Waals surface area contributed by atoms with Gasteiger partial charge in [0.1, 0.15) is 11.5 Å². The summed E-state index contributed by atoms with van der Waals surface area (Å²) < 4.78 is 10.8. The van der Waals surface area contributed by atoms with Crippen LogP contribution in [-0.4, -0.2) is 31.4 Å². The Morgan fingerprint density at radius 3 is 2.60 bits per heavy atom. The molecule has 0 aliphatic rings. The molecule has 0 aliphatic carbocycles. The van der Waals surface area contributed by atoms with Crippen molar-refractivity contribution in [3.8, 4) is 11.5 Å². The molecule has 25 heavy (non-hydrogen) atoms. The second kappa shape index (κ2) is 9.99. The molecule has 0 saturated carbocycles. The van der Waals surface area contributed by atoms with Crippen molar-refractivity contribution in [1.29, 1.82) is 0 Å². The third-order valence-corrected chi connectivity index (χ3v) is 4.69. The van der Waals surface area contributed by atoms with Crippen molar-refractivity contribution in [1.82, 2.24) is 5.32 Å². The van der Waals surface area contributed by atoms with Crippen molar-refractivity contribution in [2.24, 2.45) is 0 Å². The number of hydrogen-bond donors (Lipinski definition) is 1. The van der Waals surface area contributed by atoms with Gasteiger partial charge in [-0.3, -0.25) is 4.79 Å².